The first-order chi connectivity index (χ1) is 12.2. The van der Waals surface area contributed by atoms with Gasteiger partial charge in [0, 0.05) is 57.2 Å². The number of rotatable bonds is 6. The minimum absolute atomic E-state index is 0.323. The number of anilines is 1. The van der Waals surface area contributed by atoms with Crippen molar-refractivity contribution in [2.24, 2.45) is 0 Å². The lowest BCUT2D eigenvalue weighted by molar-refractivity contribution is 0.181. The van der Waals surface area contributed by atoms with Gasteiger partial charge in [-0.3, -0.25) is 4.90 Å². The van der Waals surface area contributed by atoms with E-state index >= 15 is 0 Å². The minimum Gasteiger partial charge on any atom is -0.508 e. The molecule has 0 saturated carbocycles. The molecular formula is C20H26N2O3. The molecule has 0 amide bonds. The largest absolute Gasteiger partial charge is 0.508 e. The van der Waals surface area contributed by atoms with Crippen LogP contribution in [0.15, 0.2) is 42.5 Å². The zero-order chi connectivity index (χ0) is 17.6. The smallest absolute Gasteiger partial charge is 0.124 e. The van der Waals surface area contributed by atoms with Crippen molar-refractivity contribution < 1.29 is 14.6 Å². The molecule has 1 saturated heterocycles. The first-order valence-corrected chi connectivity index (χ1v) is 8.60. The molecule has 0 aromatic heterocycles. The Hall–Kier alpha value is -2.24. The summed E-state index contributed by atoms with van der Waals surface area (Å²) in [6, 6.07) is 13.8. The predicted octanol–water partition coefficient (Wildman–Crippen LogP) is 2.87. The van der Waals surface area contributed by atoms with E-state index in [-0.39, 0.29) is 0 Å². The summed E-state index contributed by atoms with van der Waals surface area (Å²) in [5.74, 6) is 1.20. The highest BCUT2D eigenvalue weighted by atomic mass is 16.5. The van der Waals surface area contributed by atoms with Gasteiger partial charge in [-0.1, -0.05) is 12.1 Å². The Morgan fingerprint density at radius 1 is 1.00 bits per heavy atom. The molecule has 0 aliphatic carbocycles. The number of hydrogen-bond acceptors (Lipinski definition) is 5. The lowest BCUT2D eigenvalue weighted by atomic mass is 10.1. The van der Waals surface area contributed by atoms with E-state index in [9.17, 15) is 5.11 Å². The molecule has 1 N–H and O–H groups in total. The van der Waals surface area contributed by atoms with Crippen LogP contribution in [0, 0.1) is 0 Å². The summed E-state index contributed by atoms with van der Waals surface area (Å²) >= 11 is 0. The van der Waals surface area contributed by atoms with E-state index in [4.69, 9.17) is 9.47 Å². The van der Waals surface area contributed by atoms with Crippen molar-refractivity contribution in [1.82, 2.24) is 4.90 Å². The molecule has 2 aromatic rings. The number of methoxy groups -OCH3 is 2. The van der Waals surface area contributed by atoms with Crippen LogP contribution in [0.1, 0.15) is 11.1 Å². The van der Waals surface area contributed by atoms with Gasteiger partial charge in [-0.2, -0.15) is 0 Å². The molecule has 5 nitrogen and oxygen atoms in total. The summed E-state index contributed by atoms with van der Waals surface area (Å²) < 4.78 is 10.7. The van der Waals surface area contributed by atoms with E-state index in [1.807, 2.05) is 18.2 Å². The normalized spacial score (nSPS) is 15.4. The van der Waals surface area contributed by atoms with Crippen LogP contribution in [-0.2, 0) is 17.9 Å². The van der Waals surface area contributed by atoms with Gasteiger partial charge in [0.1, 0.15) is 11.5 Å². The molecule has 0 atom stereocenters. The highest BCUT2D eigenvalue weighted by Gasteiger charge is 2.18. The van der Waals surface area contributed by atoms with Gasteiger partial charge in [0.15, 0.2) is 0 Å². The Bertz CT molecular complexity index is 697. The van der Waals surface area contributed by atoms with Crippen molar-refractivity contribution in [3.05, 3.63) is 53.6 Å². The maximum Gasteiger partial charge on any atom is 0.124 e. The SMILES string of the molecule is COCc1cc(CN2CCN(c3cccc(O)c3)CC2)ccc1OC. The highest BCUT2D eigenvalue weighted by molar-refractivity contribution is 5.50. The molecule has 1 aliphatic rings. The van der Waals surface area contributed by atoms with Gasteiger partial charge in [-0.25, -0.2) is 0 Å². The molecule has 1 heterocycles. The Balaban J connectivity index is 1.59. The second kappa shape index (κ2) is 8.23. The average molecular weight is 342 g/mol. The van der Waals surface area contributed by atoms with E-state index in [1.54, 1.807) is 20.3 Å². The van der Waals surface area contributed by atoms with Crippen LogP contribution in [0.5, 0.6) is 11.5 Å². The molecule has 0 unspecified atom stereocenters. The molecular weight excluding hydrogens is 316 g/mol. The lowest BCUT2D eigenvalue weighted by Crippen LogP contribution is -2.45. The Morgan fingerprint density at radius 2 is 1.80 bits per heavy atom. The number of piperazine rings is 1. The van der Waals surface area contributed by atoms with Crippen LogP contribution in [0.25, 0.3) is 0 Å². The van der Waals surface area contributed by atoms with E-state index in [0.29, 0.717) is 12.4 Å². The molecule has 2 aromatic carbocycles. The third kappa shape index (κ3) is 4.44. The molecule has 25 heavy (non-hydrogen) atoms. The van der Waals surface area contributed by atoms with Gasteiger partial charge >= 0.3 is 0 Å². The number of nitrogens with zero attached hydrogens (tertiary/aromatic N) is 2. The Morgan fingerprint density at radius 3 is 2.48 bits per heavy atom. The molecule has 0 radical (unpaired) electrons. The molecule has 1 aliphatic heterocycles. The third-order valence-corrected chi connectivity index (χ3v) is 4.62. The first-order valence-electron chi connectivity index (χ1n) is 8.60. The van der Waals surface area contributed by atoms with Crippen LogP contribution >= 0.6 is 0 Å². The summed E-state index contributed by atoms with van der Waals surface area (Å²) in [4.78, 5) is 4.78. The maximum absolute atomic E-state index is 9.65. The number of hydrogen-bond donors (Lipinski definition) is 1. The van der Waals surface area contributed by atoms with Crippen LogP contribution in [0.3, 0.4) is 0 Å². The van der Waals surface area contributed by atoms with Crippen molar-refractivity contribution in [1.29, 1.82) is 0 Å². The van der Waals surface area contributed by atoms with Crippen LogP contribution in [0.2, 0.25) is 0 Å². The lowest BCUT2D eigenvalue weighted by Gasteiger charge is -2.36. The predicted molar refractivity (Wildman–Crippen MR) is 99.3 cm³/mol. The average Bonchev–Trinajstić information content (AvgIpc) is 2.63. The number of phenolic OH excluding ortho intramolecular Hbond substituents is 1. The third-order valence-electron chi connectivity index (χ3n) is 4.62. The van der Waals surface area contributed by atoms with Crippen LogP contribution in [-0.4, -0.2) is 50.4 Å². The monoisotopic (exact) mass is 342 g/mol. The summed E-state index contributed by atoms with van der Waals surface area (Å²) in [5.41, 5.74) is 3.45. The maximum atomic E-state index is 9.65. The van der Waals surface area contributed by atoms with Gasteiger partial charge in [-0.15, -0.1) is 0 Å². The molecule has 1 fully saturated rings. The van der Waals surface area contributed by atoms with Crippen molar-refractivity contribution in [3.8, 4) is 11.5 Å². The molecule has 3 rings (SSSR count). The second-order valence-electron chi connectivity index (χ2n) is 6.36. The fraction of sp³-hybridized carbons (Fsp3) is 0.400. The summed E-state index contributed by atoms with van der Waals surface area (Å²) in [6.45, 7) is 5.41. The van der Waals surface area contributed by atoms with Crippen molar-refractivity contribution >= 4 is 5.69 Å². The minimum atomic E-state index is 0.323. The van der Waals surface area contributed by atoms with E-state index < -0.39 is 0 Å². The van der Waals surface area contributed by atoms with Crippen LogP contribution < -0.4 is 9.64 Å². The summed E-state index contributed by atoms with van der Waals surface area (Å²) in [5, 5.41) is 9.65. The first kappa shape index (κ1) is 17.6. The van der Waals surface area contributed by atoms with Gasteiger partial charge in [-0.05, 0) is 29.8 Å². The molecule has 134 valence electrons. The van der Waals surface area contributed by atoms with Gasteiger partial charge in [0.05, 0.1) is 13.7 Å². The topological polar surface area (TPSA) is 45.2 Å². The van der Waals surface area contributed by atoms with Gasteiger partial charge in [0.25, 0.3) is 0 Å². The quantitative estimate of drug-likeness (QED) is 0.875. The van der Waals surface area contributed by atoms with Gasteiger partial charge in [0.2, 0.25) is 0 Å². The van der Waals surface area contributed by atoms with Gasteiger partial charge < -0.3 is 19.5 Å². The van der Waals surface area contributed by atoms with Crippen molar-refractivity contribution in [2.75, 3.05) is 45.3 Å². The van der Waals surface area contributed by atoms with E-state index in [2.05, 4.69) is 28.0 Å². The van der Waals surface area contributed by atoms with E-state index in [1.165, 1.54) is 5.56 Å². The van der Waals surface area contributed by atoms with Crippen molar-refractivity contribution in [3.63, 3.8) is 0 Å². The fourth-order valence-electron chi connectivity index (χ4n) is 3.31. The molecule has 0 bridgehead atoms. The number of phenols is 1. The second-order valence-corrected chi connectivity index (χ2v) is 6.36. The Labute approximate surface area is 149 Å². The highest BCUT2D eigenvalue weighted by Crippen LogP contribution is 2.24. The number of benzene rings is 2. The molecule has 5 heteroatoms. The Kier molecular flexibility index (Phi) is 5.79. The standard InChI is InChI=1S/C20H26N2O3/c1-24-15-17-12-16(6-7-20(17)25-2)14-21-8-10-22(11-9-21)18-4-3-5-19(23)13-18/h3-7,12-13,23H,8-11,14-15H2,1-2H3. The van der Waals surface area contributed by atoms with E-state index in [0.717, 1.165) is 49.7 Å². The van der Waals surface area contributed by atoms with Crippen LogP contribution in [0.4, 0.5) is 5.69 Å². The summed E-state index contributed by atoms with van der Waals surface area (Å²) in [7, 11) is 3.39. The number of aromatic hydroxyl groups is 1. The fourth-order valence-corrected chi connectivity index (χ4v) is 3.31. The zero-order valence-corrected chi connectivity index (χ0v) is 14.9. The zero-order valence-electron chi connectivity index (χ0n) is 14.9. The number of ether oxygens (including phenoxy) is 2. The molecule has 0 spiro atoms. The summed E-state index contributed by atoms with van der Waals surface area (Å²) in [6.07, 6.45) is 0. The van der Waals surface area contributed by atoms with Crippen molar-refractivity contribution in [2.45, 2.75) is 13.2 Å².